The molecule has 3 aromatic rings. The van der Waals surface area contributed by atoms with Crippen LogP contribution >= 0.6 is 0 Å². The molecule has 0 fully saturated rings. The summed E-state index contributed by atoms with van der Waals surface area (Å²) >= 11 is 0. The molecule has 1 amide bonds. The second-order valence-electron chi connectivity index (χ2n) is 5.20. The van der Waals surface area contributed by atoms with Gasteiger partial charge in [0.1, 0.15) is 5.69 Å². The van der Waals surface area contributed by atoms with Crippen LogP contribution in [0.15, 0.2) is 54.7 Å². The third kappa shape index (κ3) is 3.92. The zero-order valence-electron chi connectivity index (χ0n) is 12.5. The highest BCUT2D eigenvalue weighted by atomic mass is 32.2. The number of hydrogen-bond donors (Lipinski definition) is 2. The molecule has 0 spiro atoms. The molecule has 0 aliphatic carbocycles. The van der Waals surface area contributed by atoms with Crippen LogP contribution in [0.5, 0.6) is 0 Å². The molecule has 7 nitrogen and oxygen atoms in total. The summed E-state index contributed by atoms with van der Waals surface area (Å²) < 4.78 is 22.1. The second-order valence-corrected chi connectivity index (χ2v) is 6.82. The van der Waals surface area contributed by atoms with E-state index in [9.17, 15) is 13.2 Å². The number of hydrogen-bond acceptors (Lipinski definition) is 5. The highest BCUT2D eigenvalue weighted by Gasteiger charge is 2.10. The maximum atomic E-state index is 12.2. The van der Waals surface area contributed by atoms with E-state index in [0.29, 0.717) is 22.3 Å². The number of carbonyl (C=O) groups is 1. The van der Waals surface area contributed by atoms with Gasteiger partial charge in [-0.05, 0) is 29.8 Å². The van der Waals surface area contributed by atoms with E-state index in [4.69, 9.17) is 5.14 Å². The van der Waals surface area contributed by atoms with E-state index < -0.39 is 15.9 Å². The lowest BCUT2D eigenvalue weighted by molar-refractivity contribution is 0.102. The first-order valence-electron chi connectivity index (χ1n) is 7.03. The fourth-order valence-corrected chi connectivity index (χ4v) is 2.84. The van der Waals surface area contributed by atoms with Crippen LogP contribution in [-0.4, -0.2) is 24.3 Å². The monoisotopic (exact) mass is 342 g/mol. The Morgan fingerprint density at radius 3 is 2.38 bits per heavy atom. The van der Waals surface area contributed by atoms with Gasteiger partial charge in [0, 0.05) is 5.69 Å². The molecule has 3 rings (SSSR count). The number of nitrogens with one attached hydrogen (secondary N) is 1. The molecule has 3 N–H and O–H groups in total. The largest absolute Gasteiger partial charge is 0.321 e. The Balaban J connectivity index is 1.76. The Kier molecular flexibility index (Phi) is 4.24. The van der Waals surface area contributed by atoms with Gasteiger partial charge in [0.25, 0.3) is 5.91 Å². The number of anilines is 1. The summed E-state index contributed by atoms with van der Waals surface area (Å²) in [4.78, 5) is 20.7. The van der Waals surface area contributed by atoms with Crippen molar-refractivity contribution in [2.75, 3.05) is 5.32 Å². The molecule has 0 radical (unpaired) electrons. The number of para-hydroxylation sites is 2. The molecule has 0 atom stereocenters. The van der Waals surface area contributed by atoms with Gasteiger partial charge in [0.15, 0.2) is 0 Å². The molecular weight excluding hydrogens is 328 g/mol. The molecule has 0 saturated carbocycles. The number of primary sulfonamides is 1. The number of amides is 1. The van der Waals surface area contributed by atoms with Crippen molar-refractivity contribution < 1.29 is 13.2 Å². The summed E-state index contributed by atoms with van der Waals surface area (Å²) in [5, 5.41) is 7.69. The summed E-state index contributed by atoms with van der Waals surface area (Å²) in [6.07, 6.45) is 1.41. The lowest BCUT2D eigenvalue weighted by Crippen LogP contribution is -2.15. The summed E-state index contributed by atoms with van der Waals surface area (Å²) in [5.41, 5.74) is 2.60. The Morgan fingerprint density at radius 2 is 1.71 bits per heavy atom. The van der Waals surface area contributed by atoms with Crippen molar-refractivity contribution in [1.82, 2.24) is 9.97 Å². The molecular formula is C16H14N4O3S. The Morgan fingerprint density at radius 1 is 1.04 bits per heavy atom. The molecule has 0 aliphatic rings. The first-order valence-corrected chi connectivity index (χ1v) is 8.75. The van der Waals surface area contributed by atoms with Crippen molar-refractivity contribution in [3.8, 4) is 0 Å². The maximum Gasteiger partial charge on any atom is 0.275 e. The van der Waals surface area contributed by atoms with Crippen molar-refractivity contribution in [3.05, 3.63) is 66.0 Å². The van der Waals surface area contributed by atoms with Crippen LogP contribution in [0.4, 0.5) is 5.69 Å². The topological polar surface area (TPSA) is 115 Å². The van der Waals surface area contributed by atoms with Gasteiger partial charge in [-0.3, -0.25) is 9.78 Å². The summed E-state index contributed by atoms with van der Waals surface area (Å²) in [7, 11) is -3.58. The number of carbonyl (C=O) groups excluding carboxylic acids is 1. The first kappa shape index (κ1) is 16.0. The van der Waals surface area contributed by atoms with Gasteiger partial charge in [-0.2, -0.15) is 0 Å². The third-order valence-corrected chi connectivity index (χ3v) is 4.00. The number of sulfonamides is 1. The van der Waals surface area contributed by atoms with Crippen molar-refractivity contribution in [1.29, 1.82) is 0 Å². The van der Waals surface area contributed by atoms with Gasteiger partial charge in [-0.1, -0.05) is 24.3 Å². The first-order chi connectivity index (χ1) is 11.4. The number of rotatable bonds is 4. The predicted octanol–water partition coefficient (Wildman–Crippen LogP) is 1.67. The smallest absolute Gasteiger partial charge is 0.275 e. The molecule has 1 heterocycles. The lowest BCUT2D eigenvalue weighted by atomic mass is 10.2. The van der Waals surface area contributed by atoms with Gasteiger partial charge in [0.05, 0.1) is 23.0 Å². The second kappa shape index (κ2) is 6.34. The average molecular weight is 342 g/mol. The number of nitrogens with two attached hydrogens (primary N) is 1. The lowest BCUT2D eigenvalue weighted by Gasteiger charge is -2.06. The van der Waals surface area contributed by atoms with Gasteiger partial charge in [-0.25, -0.2) is 18.5 Å². The van der Waals surface area contributed by atoms with Crippen LogP contribution in [0.3, 0.4) is 0 Å². The van der Waals surface area contributed by atoms with Crippen LogP contribution < -0.4 is 10.5 Å². The van der Waals surface area contributed by atoms with E-state index in [2.05, 4.69) is 15.3 Å². The normalized spacial score (nSPS) is 11.4. The molecule has 0 aliphatic heterocycles. The summed E-state index contributed by atoms with van der Waals surface area (Å²) in [6.45, 7) is 0. The molecule has 122 valence electrons. The van der Waals surface area contributed by atoms with Crippen LogP contribution in [0.1, 0.15) is 16.1 Å². The van der Waals surface area contributed by atoms with E-state index in [1.54, 1.807) is 30.3 Å². The van der Waals surface area contributed by atoms with E-state index in [-0.39, 0.29) is 11.4 Å². The van der Waals surface area contributed by atoms with Gasteiger partial charge in [0.2, 0.25) is 10.0 Å². The Labute approximate surface area is 138 Å². The standard InChI is InChI=1S/C16H14N4O3S/c17-24(22,23)10-11-5-7-12(8-6-11)19-16(21)15-9-18-13-3-1-2-4-14(13)20-15/h1-9H,10H2,(H,19,21)(H2,17,22,23). The Bertz CT molecular complexity index is 1000. The summed E-state index contributed by atoms with van der Waals surface area (Å²) in [6, 6.07) is 13.6. The molecule has 8 heteroatoms. The van der Waals surface area contributed by atoms with E-state index in [0.717, 1.165) is 0 Å². The molecule has 0 saturated heterocycles. The molecule has 0 bridgehead atoms. The molecule has 2 aromatic carbocycles. The van der Waals surface area contributed by atoms with Gasteiger partial charge in [-0.15, -0.1) is 0 Å². The molecule has 1 aromatic heterocycles. The van der Waals surface area contributed by atoms with Crippen LogP contribution in [0.2, 0.25) is 0 Å². The van der Waals surface area contributed by atoms with Gasteiger partial charge < -0.3 is 5.32 Å². The number of benzene rings is 2. The quantitative estimate of drug-likeness (QED) is 0.748. The highest BCUT2D eigenvalue weighted by molar-refractivity contribution is 7.88. The highest BCUT2D eigenvalue weighted by Crippen LogP contribution is 2.13. The van der Waals surface area contributed by atoms with Crippen molar-refractivity contribution in [2.45, 2.75) is 5.75 Å². The van der Waals surface area contributed by atoms with Crippen LogP contribution in [0.25, 0.3) is 11.0 Å². The molecule has 0 unspecified atom stereocenters. The maximum absolute atomic E-state index is 12.2. The zero-order valence-corrected chi connectivity index (χ0v) is 13.3. The minimum absolute atomic E-state index is 0.197. The predicted molar refractivity (Wildman–Crippen MR) is 90.7 cm³/mol. The zero-order chi connectivity index (χ0) is 17.2. The van der Waals surface area contributed by atoms with Crippen LogP contribution in [-0.2, 0) is 15.8 Å². The SMILES string of the molecule is NS(=O)(=O)Cc1ccc(NC(=O)c2cnc3ccccc3n2)cc1. The van der Waals surface area contributed by atoms with E-state index in [1.165, 1.54) is 6.20 Å². The van der Waals surface area contributed by atoms with Crippen molar-refractivity contribution in [3.63, 3.8) is 0 Å². The van der Waals surface area contributed by atoms with Gasteiger partial charge >= 0.3 is 0 Å². The Hall–Kier alpha value is -2.84. The minimum Gasteiger partial charge on any atom is -0.321 e. The average Bonchev–Trinajstić information content (AvgIpc) is 2.55. The van der Waals surface area contributed by atoms with Crippen LogP contribution in [0, 0.1) is 0 Å². The van der Waals surface area contributed by atoms with Crippen molar-refractivity contribution >= 4 is 32.7 Å². The summed E-state index contributed by atoms with van der Waals surface area (Å²) in [5.74, 6) is -0.648. The minimum atomic E-state index is -3.58. The molecule has 24 heavy (non-hydrogen) atoms. The fourth-order valence-electron chi connectivity index (χ4n) is 2.18. The van der Waals surface area contributed by atoms with E-state index >= 15 is 0 Å². The van der Waals surface area contributed by atoms with E-state index in [1.807, 2.05) is 18.2 Å². The third-order valence-electron chi connectivity index (χ3n) is 3.26. The van der Waals surface area contributed by atoms with Crippen molar-refractivity contribution in [2.24, 2.45) is 5.14 Å². The number of nitrogens with zero attached hydrogens (tertiary/aromatic N) is 2. The number of aromatic nitrogens is 2. The number of fused-ring (bicyclic) bond motifs is 1. The fraction of sp³-hybridized carbons (Fsp3) is 0.0625.